The zero-order valence-electron chi connectivity index (χ0n) is 17.5. The van der Waals surface area contributed by atoms with Gasteiger partial charge < -0.3 is 10.1 Å². The van der Waals surface area contributed by atoms with E-state index in [0.717, 1.165) is 25.0 Å². The lowest BCUT2D eigenvalue weighted by Crippen LogP contribution is -2.40. The molecule has 1 aliphatic rings. The highest BCUT2D eigenvalue weighted by Gasteiger charge is 2.22. The fourth-order valence-electron chi connectivity index (χ4n) is 3.95. The van der Waals surface area contributed by atoms with Crippen molar-refractivity contribution in [2.24, 2.45) is 0 Å². The number of benzene rings is 2. The highest BCUT2D eigenvalue weighted by Crippen LogP contribution is 2.26. The third-order valence-corrected chi connectivity index (χ3v) is 5.77. The van der Waals surface area contributed by atoms with E-state index >= 15 is 0 Å². The van der Waals surface area contributed by atoms with E-state index in [1.807, 2.05) is 19.1 Å². The molecular formula is C25H33NO2. The van der Waals surface area contributed by atoms with Gasteiger partial charge in [0.05, 0.1) is 6.04 Å². The number of aryl methyl sites for hydroxylation is 3. The minimum Gasteiger partial charge on any atom is -0.481 e. The molecule has 3 heteroatoms. The van der Waals surface area contributed by atoms with E-state index in [1.54, 1.807) is 0 Å². The number of nitrogens with one attached hydrogen (secondary N) is 1. The molecule has 150 valence electrons. The molecule has 0 aromatic heterocycles. The van der Waals surface area contributed by atoms with Gasteiger partial charge in [-0.2, -0.15) is 0 Å². The summed E-state index contributed by atoms with van der Waals surface area (Å²) in [6.07, 6.45) is 6.92. The zero-order chi connectivity index (χ0) is 19.9. The van der Waals surface area contributed by atoms with Crippen LogP contribution in [-0.2, 0) is 24.1 Å². The second-order valence-corrected chi connectivity index (χ2v) is 7.72. The Bertz CT molecular complexity index is 782. The summed E-state index contributed by atoms with van der Waals surface area (Å²) in [5.74, 6) is 0.715. The molecule has 0 radical (unpaired) electrons. The molecule has 0 bridgehead atoms. The highest BCUT2D eigenvalue weighted by atomic mass is 16.5. The maximum Gasteiger partial charge on any atom is 0.261 e. The predicted octanol–water partition coefficient (Wildman–Crippen LogP) is 5.55. The molecule has 1 amide bonds. The van der Waals surface area contributed by atoms with Gasteiger partial charge in [-0.05, 0) is 79.3 Å². The smallest absolute Gasteiger partial charge is 0.261 e. The fourth-order valence-corrected chi connectivity index (χ4v) is 3.95. The Kier molecular flexibility index (Phi) is 7.13. The second kappa shape index (κ2) is 9.77. The number of carbonyl (C=O) groups excluding carboxylic acids is 1. The Hall–Kier alpha value is -2.29. The van der Waals surface area contributed by atoms with Gasteiger partial charge in [0.25, 0.3) is 5.91 Å². The summed E-state index contributed by atoms with van der Waals surface area (Å²) in [7, 11) is 0. The molecule has 1 aliphatic carbocycles. The number of carbonyl (C=O) groups is 1. The molecule has 0 spiro atoms. The quantitative estimate of drug-likeness (QED) is 0.653. The average Bonchev–Trinajstić information content (AvgIpc) is 2.75. The van der Waals surface area contributed by atoms with Crippen molar-refractivity contribution in [3.8, 4) is 5.75 Å². The minimum absolute atomic E-state index is 0.0276. The monoisotopic (exact) mass is 379 g/mol. The van der Waals surface area contributed by atoms with E-state index in [-0.39, 0.29) is 11.9 Å². The van der Waals surface area contributed by atoms with Gasteiger partial charge in [-0.15, -0.1) is 0 Å². The maximum atomic E-state index is 12.9. The van der Waals surface area contributed by atoms with Crippen molar-refractivity contribution in [1.82, 2.24) is 5.32 Å². The van der Waals surface area contributed by atoms with E-state index in [4.69, 9.17) is 4.74 Å². The SMILES string of the molecule is CCc1ccc(O[C@@H](CC)C(=O)N[C@@H](CC)c2ccc3c(c2)CCCC3)cc1. The van der Waals surface area contributed by atoms with Crippen molar-refractivity contribution >= 4 is 5.91 Å². The lowest BCUT2D eigenvalue weighted by molar-refractivity contribution is -0.128. The summed E-state index contributed by atoms with van der Waals surface area (Å²) >= 11 is 0. The lowest BCUT2D eigenvalue weighted by atomic mass is 9.88. The number of hydrogen-bond donors (Lipinski definition) is 1. The van der Waals surface area contributed by atoms with Gasteiger partial charge in [-0.25, -0.2) is 0 Å². The number of rotatable bonds is 8. The standard InChI is InChI=1S/C25H33NO2/c1-4-18-11-15-22(16-12-18)28-24(6-3)25(27)26-23(5-2)21-14-13-19-9-7-8-10-20(19)17-21/h11-17,23-24H,4-10H2,1-3H3,(H,26,27)/t23-,24-/m0/s1. The molecule has 2 atom stereocenters. The normalized spacial score (nSPS) is 15.4. The molecule has 28 heavy (non-hydrogen) atoms. The summed E-state index contributed by atoms with van der Waals surface area (Å²) in [5, 5.41) is 3.22. The molecule has 0 fully saturated rings. The van der Waals surface area contributed by atoms with Crippen LogP contribution in [0.3, 0.4) is 0 Å². The zero-order valence-corrected chi connectivity index (χ0v) is 17.5. The van der Waals surface area contributed by atoms with Gasteiger partial charge in [-0.1, -0.05) is 51.1 Å². The predicted molar refractivity (Wildman–Crippen MR) is 115 cm³/mol. The summed E-state index contributed by atoms with van der Waals surface area (Å²) in [4.78, 5) is 12.9. The molecule has 1 N–H and O–H groups in total. The third-order valence-electron chi connectivity index (χ3n) is 5.77. The van der Waals surface area contributed by atoms with Crippen molar-refractivity contribution in [2.45, 2.75) is 77.9 Å². The summed E-state index contributed by atoms with van der Waals surface area (Å²) < 4.78 is 5.98. The number of ether oxygens (including phenoxy) is 1. The summed E-state index contributed by atoms with van der Waals surface area (Å²) in [6, 6.07) is 14.8. The van der Waals surface area contributed by atoms with E-state index < -0.39 is 6.10 Å². The number of amides is 1. The Morgan fingerprint density at radius 1 is 0.964 bits per heavy atom. The minimum atomic E-state index is -0.473. The van der Waals surface area contributed by atoms with Crippen molar-refractivity contribution in [3.05, 3.63) is 64.7 Å². The van der Waals surface area contributed by atoms with Gasteiger partial charge in [-0.3, -0.25) is 4.79 Å². The van der Waals surface area contributed by atoms with Crippen LogP contribution < -0.4 is 10.1 Å². The Balaban J connectivity index is 1.67. The van der Waals surface area contributed by atoms with Gasteiger partial charge in [0.1, 0.15) is 5.75 Å². The largest absolute Gasteiger partial charge is 0.481 e. The van der Waals surface area contributed by atoms with Crippen LogP contribution in [0.5, 0.6) is 5.75 Å². The van der Waals surface area contributed by atoms with Crippen LogP contribution in [0.4, 0.5) is 0 Å². The van der Waals surface area contributed by atoms with E-state index in [1.165, 1.54) is 41.5 Å². The van der Waals surface area contributed by atoms with Crippen LogP contribution in [0, 0.1) is 0 Å². The topological polar surface area (TPSA) is 38.3 Å². The molecule has 2 aromatic carbocycles. The molecule has 3 rings (SSSR count). The van der Waals surface area contributed by atoms with Gasteiger partial charge in [0.15, 0.2) is 6.10 Å². The Morgan fingerprint density at radius 2 is 1.68 bits per heavy atom. The van der Waals surface area contributed by atoms with Crippen molar-refractivity contribution in [1.29, 1.82) is 0 Å². The molecule has 2 aromatic rings. The first kappa shape index (κ1) is 20.4. The lowest BCUT2D eigenvalue weighted by Gasteiger charge is -2.24. The van der Waals surface area contributed by atoms with Gasteiger partial charge in [0.2, 0.25) is 0 Å². The Morgan fingerprint density at radius 3 is 2.32 bits per heavy atom. The third kappa shape index (κ3) is 4.95. The summed E-state index contributed by atoms with van der Waals surface area (Å²) in [5.41, 5.74) is 5.40. The molecule has 3 nitrogen and oxygen atoms in total. The van der Waals surface area contributed by atoms with E-state index in [0.29, 0.717) is 6.42 Å². The highest BCUT2D eigenvalue weighted by molar-refractivity contribution is 5.81. The molecule has 0 aliphatic heterocycles. The van der Waals surface area contributed by atoms with Gasteiger partial charge >= 0.3 is 0 Å². The van der Waals surface area contributed by atoms with Crippen LogP contribution in [0.25, 0.3) is 0 Å². The molecule has 0 saturated carbocycles. The maximum absolute atomic E-state index is 12.9. The number of hydrogen-bond acceptors (Lipinski definition) is 2. The van der Waals surface area contributed by atoms with Crippen molar-refractivity contribution < 1.29 is 9.53 Å². The number of fused-ring (bicyclic) bond motifs is 1. The van der Waals surface area contributed by atoms with Crippen LogP contribution in [0.2, 0.25) is 0 Å². The van der Waals surface area contributed by atoms with Gasteiger partial charge in [0, 0.05) is 0 Å². The average molecular weight is 380 g/mol. The molecule has 0 saturated heterocycles. The fraction of sp³-hybridized carbons (Fsp3) is 0.480. The molecule has 0 heterocycles. The van der Waals surface area contributed by atoms with E-state index in [9.17, 15) is 4.79 Å². The Labute approximate surface area is 169 Å². The van der Waals surface area contributed by atoms with Crippen molar-refractivity contribution in [2.75, 3.05) is 0 Å². The van der Waals surface area contributed by atoms with Crippen molar-refractivity contribution in [3.63, 3.8) is 0 Å². The van der Waals surface area contributed by atoms with Crippen LogP contribution >= 0.6 is 0 Å². The van der Waals surface area contributed by atoms with E-state index in [2.05, 4.69) is 49.5 Å². The summed E-state index contributed by atoms with van der Waals surface area (Å²) in [6.45, 7) is 6.24. The first-order chi connectivity index (χ1) is 13.6. The second-order valence-electron chi connectivity index (χ2n) is 7.72. The van der Waals surface area contributed by atoms with Crippen LogP contribution in [0.1, 0.15) is 74.8 Å². The first-order valence-corrected chi connectivity index (χ1v) is 10.8. The molecular weight excluding hydrogens is 346 g/mol. The van der Waals surface area contributed by atoms with Crippen LogP contribution in [0.15, 0.2) is 42.5 Å². The van der Waals surface area contributed by atoms with Crippen LogP contribution in [-0.4, -0.2) is 12.0 Å². The molecule has 0 unspecified atom stereocenters. The first-order valence-electron chi connectivity index (χ1n) is 10.8.